The van der Waals surface area contributed by atoms with Crippen LogP contribution in [-0.4, -0.2) is 57.0 Å². The summed E-state index contributed by atoms with van der Waals surface area (Å²) in [6.07, 6.45) is 2.49. The number of nitrogens with zero attached hydrogens (tertiary/aromatic N) is 1. The molecule has 3 heterocycles. The average molecular weight is 522 g/mol. The van der Waals surface area contributed by atoms with Crippen LogP contribution in [-0.2, 0) is 19.1 Å². The quantitative estimate of drug-likeness (QED) is 0.431. The summed E-state index contributed by atoms with van der Waals surface area (Å²) in [6, 6.07) is 0. The van der Waals surface area contributed by atoms with Crippen molar-refractivity contribution in [2.45, 2.75) is 117 Å². The van der Waals surface area contributed by atoms with Crippen molar-refractivity contribution in [3.8, 4) is 0 Å². The van der Waals surface area contributed by atoms with Crippen LogP contribution in [0.1, 0.15) is 90.8 Å². The molecule has 7 atom stereocenters. The average Bonchev–Trinajstić information content (AvgIpc) is 3.24. The van der Waals surface area contributed by atoms with Crippen LogP contribution in [0.3, 0.4) is 0 Å². The molecule has 0 aliphatic carbocycles. The van der Waals surface area contributed by atoms with Gasteiger partial charge in [0.2, 0.25) is 0 Å². The van der Waals surface area contributed by atoms with Crippen LogP contribution >= 0.6 is 11.3 Å². The van der Waals surface area contributed by atoms with Crippen LogP contribution in [0, 0.1) is 24.2 Å². The van der Waals surface area contributed by atoms with E-state index in [9.17, 15) is 19.8 Å². The number of fused-ring (bicyclic) bond motifs is 1. The molecule has 3 rings (SSSR count). The second kappa shape index (κ2) is 11.4. The van der Waals surface area contributed by atoms with E-state index in [0.717, 1.165) is 35.5 Å². The largest absolute Gasteiger partial charge is 0.458 e. The number of aromatic nitrogens is 1. The minimum absolute atomic E-state index is 0.0460. The van der Waals surface area contributed by atoms with E-state index in [-0.39, 0.29) is 29.8 Å². The fourth-order valence-corrected chi connectivity index (χ4v) is 5.86. The fourth-order valence-electron chi connectivity index (χ4n) is 5.29. The number of epoxide rings is 1. The Morgan fingerprint density at radius 1 is 1.28 bits per heavy atom. The number of carbonyl (C=O) groups is 2. The lowest BCUT2D eigenvalue weighted by atomic mass is 9.71. The monoisotopic (exact) mass is 521 g/mol. The van der Waals surface area contributed by atoms with Gasteiger partial charge in [-0.25, -0.2) is 4.98 Å². The lowest BCUT2D eigenvalue weighted by Crippen LogP contribution is -2.46. The van der Waals surface area contributed by atoms with Gasteiger partial charge in [-0.15, -0.1) is 11.3 Å². The van der Waals surface area contributed by atoms with E-state index in [1.54, 1.807) is 25.2 Å². The Kier molecular flexibility index (Phi) is 9.18. The van der Waals surface area contributed by atoms with Crippen molar-refractivity contribution < 1.29 is 29.3 Å². The van der Waals surface area contributed by atoms with E-state index < -0.39 is 35.6 Å². The van der Waals surface area contributed by atoms with Crippen LogP contribution in [0.5, 0.6) is 0 Å². The molecule has 2 N–H and O–H groups in total. The van der Waals surface area contributed by atoms with Crippen LogP contribution in [0.25, 0.3) is 6.08 Å². The lowest BCUT2D eigenvalue weighted by molar-refractivity contribution is -0.154. The molecule has 0 radical (unpaired) electrons. The summed E-state index contributed by atoms with van der Waals surface area (Å²) in [7, 11) is 0. The smallest absolute Gasteiger partial charge is 0.309 e. The number of cyclic esters (lactones) is 1. The van der Waals surface area contributed by atoms with Crippen molar-refractivity contribution in [3.05, 3.63) is 21.7 Å². The number of hydrogen-bond donors (Lipinski definition) is 2. The number of thiazole rings is 1. The number of rotatable bonds is 3. The van der Waals surface area contributed by atoms with Crippen molar-refractivity contribution in [1.82, 2.24) is 4.98 Å². The maximum atomic E-state index is 13.4. The van der Waals surface area contributed by atoms with Crippen LogP contribution in [0.15, 0.2) is 11.0 Å². The van der Waals surface area contributed by atoms with Gasteiger partial charge in [0, 0.05) is 17.7 Å². The second-order valence-electron chi connectivity index (χ2n) is 11.5. The van der Waals surface area contributed by atoms with Gasteiger partial charge in [-0.05, 0) is 57.6 Å². The van der Waals surface area contributed by atoms with E-state index in [1.165, 1.54) is 0 Å². The van der Waals surface area contributed by atoms with Crippen molar-refractivity contribution in [1.29, 1.82) is 0 Å². The van der Waals surface area contributed by atoms with Crippen LogP contribution < -0.4 is 0 Å². The Labute approximate surface area is 219 Å². The third-order valence-electron chi connectivity index (χ3n) is 8.19. The maximum absolute atomic E-state index is 13.4. The van der Waals surface area contributed by atoms with Gasteiger partial charge in [0.1, 0.15) is 11.9 Å². The van der Waals surface area contributed by atoms with E-state index in [1.807, 2.05) is 39.2 Å². The third kappa shape index (κ3) is 6.63. The predicted molar refractivity (Wildman–Crippen MR) is 140 cm³/mol. The first kappa shape index (κ1) is 29.0. The number of carbonyl (C=O) groups excluding carboxylic acids is 2. The van der Waals surface area contributed by atoms with Gasteiger partial charge < -0.3 is 19.7 Å². The Hall–Kier alpha value is -1.61. The fraction of sp³-hybridized carbons (Fsp3) is 0.750. The number of esters is 1. The Morgan fingerprint density at radius 3 is 2.58 bits per heavy atom. The van der Waals surface area contributed by atoms with Crippen molar-refractivity contribution in [2.75, 3.05) is 0 Å². The van der Waals surface area contributed by atoms with Gasteiger partial charge >= 0.3 is 5.97 Å². The molecule has 0 spiro atoms. The number of aryl methyl sites for hydroxylation is 1. The van der Waals surface area contributed by atoms with E-state index in [0.29, 0.717) is 12.8 Å². The van der Waals surface area contributed by atoms with Gasteiger partial charge in [0.05, 0.1) is 46.5 Å². The summed E-state index contributed by atoms with van der Waals surface area (Å²) in [5, 5.41) is 24.9. The molecular formula is C28H43NO6S. The van der Waals surface area contributed by atoms with Crippen LogP contribution in [0.4, 0.5) is 0 Å². The molecule has 1 unspecified atom stereocenters. The summed E-state index contributed by atoms with van der Waals surface area (Å²) in [6.45, 7) is 13.1. The third-order valence-corrected chi connectivity index (χ3v) is 8.98. The molecule has 1 aromatic heterocycles. The highest BCUT2D eigenvalue weighted by Gasteiger charge is 2.53. The zero-order chi connectivity index (χ0) is 26.8. The summed E-state index contributed by atoms with van der Waals surface area (Å²) >= 11 is 1.56. The highest BCUT2D eigenvalue weighted by molar-refractivity contribution is 7.09. The molecule has 2 aliphatic rings. The topological polar surface area (TPSA) is 109 Å². The molecule has 8 heteroatoms. The molecule has 0 saturated carbocycles. The summed E-state index contributed by atoms with van der Waals surface area (Å²) in [4.78, 5) is 30.9. The summed E-state index contributed by atoms with van der Waals surface area (Å²) in [5.74, 6) is -1.45. The Balaban J connectivity index is 1.87. The minimum Gasteiger partial charge on any atom is -0.458 e. The first-order valence-electron chi connectivity index (χ1n) is 13.2. The van der Waals surface area contributed by atoms with Crippen molar-refractivity contribution >= 4 is 29.2 Å². The van der Waals surface area contributed by atoms with Crippen LogP contribution in [0.2, 0.25) is 0 Å². The first-order chi connectivity index (χ1) is 16.8. The molecule has 2 fully saturated rings. The van der Waals surface area contributed by atoms with Gasteiger partial charge in [-0.3, -0.25) is 9.59 Å². The van der Waals surface area contributed by atoms with E-state index in [2.05, 4.69) is 11.9 Å². The number of ether oxygens (including phenoxy) is 2. The SMILES string of the molecule is CCC1C(=O)C(C)(C)[C@@H](O)CC(=O)O[C@H](C(C)=Cc2csc(C)n2)C[C@H]2O[C@@]2(C)CCC[C@H](C)[C@@H]1O. The molecule has 2 saturated heterocycles. The van der Waals surface area contributed by atoms with Gasteiger partial charge in [0.15, 0.2) is 0 Å². The highest BCUT2D eigenvalue weighted by Crippen LogP contribution is 2.45. The molecule has 2 aliphatic heterocycles. The minimum atomic E-state index is -1.23. The highest BCUT2D eigenvalue weighted by atomic mass is 32.1. The van der Waals surface area contributed by atoms with Gasteiger partial charge in [-0.2, -0.15) is 0 Å². The van der Waals surface area contributed by atoms with Gasteiger partial charge in [0.25, 0.3) is 0 Å². The molecular weight excluding hydrogens is 478 g/mol. The molecule has 36 heavy (non-hydrogen) atoms. The Morgan fingerprint density at radius 2 is 1.97 bits per heavy atom. The molecule has 1 aromatic rings. The van der Waals surface area contributed by atoms with E-state index in [4.69, 9.17) is 9.47 Å². The maximum Gasteiger partial charge on any atom is 0.309 e. The van der Waals surface area contributed by atoms with Gasteiger partial charge in [-0.1, -0.05) is 34.1 Å². The number of ketones is 1. The summed E-state index contributed by atoms with van der Waals surface area (Å²) in [5.41, 5.74) is 0.183. The number of aliphatic hydroxyl groups is 2. The molecule has 0 bridgehead atoms. The standard InChI is InChI=1S/C28H43NO6S/c1-8-20-25(32)16(2)10-9-11-28(7)23(35-28)13-21(17(3)12-19-15-36-18(4)29-19)34-24(31)14-22(30)27(5,6)26(20)33/h12,15-16,20-23,25,30,32H,8-11,13-14H2,1-7H3/t16-,20?,21-,22-,23+,25-,28-/m0/s1. The van der Waals surface area contributed by atoms with E-state index >= 15 is 0 Å². The molecule has 7 nitrogen and oxygen atoms in total. The first-order valence-corrected chi connectivity index (χ1v) is 14.0. The zero-order valence-corrected chi connectivity index (χ0v) is 23.6. The molecule has 0 aromatic carbocycles. The molecule has 0 amide bonds. The number of hydrogen-bond acceptors (Lipinski definition) is 8. The molecule has 202 valence electrons. The van der Waals surface area contributed by atoms with Crippen molar-refractivity contribution in [3.63, 3.8) is 0 Å². The van der Waals surface area contributed by atoms with Crippen molar-refractivity contribution in [2.24, 2.45) is 17.3 Å². The number of Topliss-reactive ketones (excluding diaryl/α,β-unsaturated/α-hetero) is 1. The second-order valence-corrected chi connectivity index (χ2v) is 12.6. The Bertz CT molecular complexity index is 971. The lowest BCUT2D eigenvalue weighted by Gasteiger charge is -2.35. The number of aliphatic hydroxyl groups excluding tert-OH is 2. The summed E-state index contributed by atoms with van der Waals surface area (Å²) < 4.78 is 12.0. The normalized spacial score (nSPS) is 36.8. The predicted octanol–water partition coefficient (Wildman–Crippen LogP) is 4.87. The zero-order valence-electron chi connectivity index (χ0n) is 22.7.